The molecule has 1 heterocycles. The fraction of sp³-hybridized carbons (Fsp3) is 0.188. The lowest BCUT2D eigenvalue weighted by molar-refractivity contribution is 0.0935. The number of nitrogens with two attached hydrogens (primary N) is 1. The minimum Gasteiger partial charge on any atom is -0.356 e. The molecular formula is C16H16ClN3O. The van der Waals surface area contributed by atoms with Crippen LogP contribution < -0.4 is 11.1 Å². The van der Waals surface area contributed by atoms with E-state index in [-0.39, 0.29) is 11.9 Å². The molecule has 0 spiro atoms. The predicted molar refractivity (Wildman–Crippen MR) is 84.1 cm³/mol. The van der Waals surface area contributed by atoms with Crippen LogP contribution in [0.3, 0.4) is 0 Å². The third-order valence-corrected chi connectivity index (χ3v) is 3.20. The van der Waals surface area contributed by atoms with Crippen LogP contribution in [-0.4, -0.2) is 17.4 Å². The number of aromatic amines is 1. The van der Waals surface area contributed by atoms with Gasteiger partial charge < -0.3 is 16.0 Å². The summed E-state index contributed by atoms with van der Waals surface area (Å²) in [5.74, 6) is 5.57. The maximum atomic E-state index is 12.0. The molecule has 1 aromatic carbocycles. The van der Waals surface area contributed by atoms with Crippen molar-refractivity contribution in [3.05, 3.63) is 58.4 Å². The number of carbonyl (C=O) groups is 1. The second-order valence-electron chi connectivity index (χ2n) is 4.55. The summed E-state index contributed by atoms with van der Waals surface area (Å²) in [7, 11) is 0. The van der Waals surface area contributed by atoms with Crippen LogP contribution in [0.4, 0.5) is 0 Å². The monoisotopic (exact) mass is 301 g/mol. The number of nitrogens with one attached hydrogen (secondary N) is 2. The number of aromatic nitrogens is 1. The van der Waals surface area contributed by atoms with Gasteiger partial charge in [-0.15, -0.1) is 0 Å². The summed E-state index contributed by atoms with van der Waals surface area (Å²) in [5, 5.41) is 3.41. The van der Waals surface area contributed by atoms with Crippen LogP contribution in [0.1, 0.15) is 34.6 Å². The second-order valence-corrected chi connectivity index (χ2v) is 4.99. The van der Waals surface area contributed by atoms with E-state index >= 15 is 0 Å². The molecule has 1 amide bonds. The summed E-state index contributed by atoms with van der Waals surface area (Å²) in [6, 6.07) is 9.17. The van der Waals surface area contributed by atoms with Crippen LogP contribution in [0.5, 0.6) is 0 Å². The third-order valence-electron chi connectivity index (χ3n) is 2.99. The first-order valence-electron chi connectivity index (χ1n) is 6.54. The van der Waals surface area contributed by atoms with Gasteiger partial charge in [0.1, 0.15) is 5.69 Å². The van der Waals surface area contributed by atoms with Crippen molar-refractivity contribution >= 4 is 17.5 Å². The Morgan fingerprint density at radius 2 is 2.14 bits per heavy atom. The molecule has 1 atom stereocenters. The normalized spacial score (nSPS) is 11.4. The van der Waals surface area contributed by atoms with Crippen molar-refractivity contribution in [2.45, 2.75) is 13.0 Å². The first-order chi connectivity index (χ1) is 10.1. The predicted octanol–water partition coefficient (Wildman–Crippen LogP) is 2.47. The van der Waals surface area contributed by atoms with Crippen molar-refractivity contribution in [2.75, 3.05) is 6.54 Å². The maximum Gasteiger partial charge on any atom is 0.268 e. The Kier molecular flexibility index (Phi) is 5.04. The Bertz CT molecular complexity index is 680. The van der Waals surface area contributed by atoms with Gasteiger partial charge >= 0.3 is 0 Å². The molecule has 0 bridgehead atoms. The van der Waals surface area contributed by atoms with Crippen molar-refractivity contribution in [3.8, 4) is 11.8 Å². The SMILES string of the molecule is CC(NC(=O)c1cc(Cl)c[nH]1)c1ccc(C#CCN)cc1. The van der Waals surface area contributed by atoms with E-state index in [1.165, 1.54) is 0 Å². The molecule has 0 radical (unpaired) electrons. The Morgan fingerprint density at radius 3 is 2.71 bits per heavy atom. The Labute approximate surface area is 128 Å². The fourth-order valence-corrected chi connectivity index (χ4v) is 2.03. The van der Waals surface area contributed by atoms with Crippen molar-refractivity contribution < 1.29 is 4.79 Å². The zero-order chi connectivity index (χ0) is 15.2. The van der Waals surface area contributed by atoms with Crippen LogP contribution in [-0.2, 0) is 0 Å². The van der Waals surface area contributed by atoms with Crippen molar-refractivity contribution in [1.82, 2.24) is 10.3 Å². The summed E-state index contributed by atoms with van der Waals surface area (Å²) in [4.78, 5) is 14.8. The standard InChI is InChI=1S/C16H16ClN3O/c1-11(20-16(21)15-9-14(17)10-19-15)13-6-4-12(5-7-13)3-2-8-18/h4-7,9-11,19H,8,18H2,1H3,(H,20,21). The molecule has 0 saturated carbocycles. The van der Waals surface area contributed by atoms with Crippen molar-refractivity contribution in [1.29, 1.82) is 0 Å². The molecule has 0 saturated heterocycles. The smallest absolute Gasteiger partial charge is 0.268 e. The Morgan fingerprint density at radius 1 is 1.43 bits per heavy atom. The maximum absolute atomic E-state index is 12.0. The van der Waals surface area contributed by atoms with Gasteiger partial charge in [-0.3, -0.25) is 4.79 Å². The van der Waals surface area contributed by atoms with Crippen molar-refractivity contribution in [2.24, 2.45) is 5.73 Å². The summed E-state index contributed by atoms with van der Waals surface area (Å²) in [5.41, 5.74) is 7.68. The van der Waals surface area contributed by atoms with E-state index in [1.807, 2.05) is 31.2 Å². The van der Waals surface area contributed by atoms with E-state index in [1.54, 1.807) is 12.3 Å². The van der Waals surface area contributed by atoms with Crippen LogP contribution in [0.2, 0.25) is 5.02 Å². The third kappa shape index (κ3) is 4.12. The van der Waals surface area contributed by atoms with Gasteiger partial charge in [0.2, 0.25) is 0 Å². The van der Waals surface area contributed by atoms with E-state index in [2.05, 4.69) is 22.1 Å². The molecule has 4 N–H and O–H groups in total. The molecule has 1 unspecified atom stereocenters. The lowest BCUT2D eigenvalue weighted by atomic mass is 10.1. The number of hydrogen-bond acceptors (Lipinski definition) is 2. The largest absolute Gasteiger partial charge is 0.356 e. The minimum absolute atomic E-state index is 0.115. The highest BCUT2D eigenvalue weighted by Crippen LogP contribution is 2.15. The topological polar surface area (TPSA) is 70.9 Å². The van der Waals surface area contributed by atoms with Gasteiger partial charge in [-0.25, -0.2) is 0 Å². The highest BCUT2D eigenvalue weighted by molar-refractivity contribution is 6.30. The summed E-state index contributed by atoms with van der Waals surface area (Å²) in [6.45, 7) is 2.26. The number of hydrogen-bond donors (Lipinski definition) is 3. The second kappa shape index (κ2) is 6.98. The Balaban J connectivity index is 2.03. The van der Waals surface area contributed by atoms with Crippen LogP contribution in [0.15, 0.2) is 36.5 Å². The molecule has 0 aliphatic heterocycles. The zero-order valence-electron chi connectivity index (χ0n) is 11.6. The van der Waals surface area contributed by atoms with E-state index in [9.17, 15) is 4.79 Å². The van der Waals surface area contributed by atoms with Gasteiger partial charge in [0.15, 0.2) is 0 Å². The molecule has 0 aliphatic carbocycles. The molecule has 4 nitrogen and oxygen atoms in total. The highest BCUT2D eigenvalue weighted by Gasteiger charge is 2.12. The first kappa shape index (κ1) is 15.2. The van der Waals surface area contributed by atoms with Gasteiger partial charge in [0, 0.05) is 11.8 Å². The lowest BCUT2D eigenvalue weighted by Gasteiger charge is -2.13. The molecule has 21 heavy (non-hydrogen) atoms. The van der Waals surface area contributed by atoms with Gasteiger partial charge in [-0.05, 0) is 30.7 Å². The molecule has 2 rings (SSSR count). The quantitative estimate of drug-likeness (QED) is 0.762. The molecule has 108 valence electrons. The number of amides is 1. The van der Waals surface area contributed by atoms with Gasteiger partial charge in [0.05, 0.1) is 17.6 Å². The van der Waals surface area contributed by atoms with Gasteiger partial charge in [0.25, 0.3) is 5.91 Å². The molecule has 5 heteroatoms. The average molecular weight is 302 g/mol. The Hall–Kier alpha value is -2.22. The van der Waals surface area contributed by atoms with E-state index in [4.69, 9.17) is 17.3 Å². The number of benzene rings is 1. The van der Waals surface area contributed by atoms with E-state index in [0.717, 1.165) is 11.1 Å². The molecule has 1 aromatic heterocycles. The summed E-state index contributed by atoms with van der Waals surface area (Å²) >= 11 is 5.78. The molecule has 0 aliphatic rings. The molecular weight excluding hydrogens is 286 g/mol. The number of halogens is 1. The number of rotatable bonds is 3. The number of carbonyl (C=O) groups excluding carboxylic acids is 1. The summed E-state index contributed by atoms with van der Waals surface area (Å²) < 4.78 is 0. The molecule has 2 aromatic rings. The van der Waals surface area contributed by atoms with E-state index in [0.29, 0.717) is 17.3 Å². The van der Waals surface area contributed by atoms with E-state index < -0.39 is 0 Å². The van der Waals surface area contributed by atoms with Crippen molar-refractivity contribution in [3.63, 3.8) is 0 Å². The zero-order valence-corrected chi connectivity index (χ0v) is 12.4. The van der Waals surface area contributed by atoms with Crippen LogP contribution in [0, 0.1) is 11.8 Å². The number of H-pyrrole nitrogens is 1. The van der Waals surface area contributed by atoms with Gasteiger partial charge in [-0.1, -0.05) is 35.6 Å². The molecule has 0 fully saturated rings. The minimum atomic E-state index is -0.193. The van der Waals surface area contributed by atoms with Crippen LogP contribution >= 0.6 is 11.6 Å². The average Bonchev–Trinajstić information content (AvgIpc) is 2.92. The van der Waals surface area contributed by atoms with Gasteiger partial charge in [-0.2, -0.15) is 0 Å². The van der Waals surface area contributed by atoms with Crippen LogP contribution in [0.25, 0.3) is 0 Å². The highest BCUT2D eigenvalue weighted by atomic mass is 35.5. The lowest BCUT2D eigenvalue weighted by Crippen LogP contribution is -2.26. The fourth-order valence-electron chi connectivity index (χ4n) is 1.86. The first-order valence-corrected chi connectivity index (χ1v) is 6.91. The summed E-state index contributed by atoms with van der Waals surface area (Å²) in [6.07, 6.45) is 1.58.